The Kier molecular flexibility index (Phi) is 4.31. The zero-order chi connectivity index (χ0) is 18.2. The smallest absolute Gasteiger partial charge is 0.311 e. The Hall–Kier alpha value is -2.37. The highest BCUT2D eigenvalue weighted by atomic mass is 16.4. The Bertz CT molecular complexity index is 701. The number of likely N-dealkylation sites (tertiary alicyclic amines) is 1. The molecule has 0 aromatic heterocycles. The molecule has 2 amide bonds. The van der Waals surface area contributed by atoms with Gasteiger partial charge in [-0.15, -0.1) is 0 Å². The first-order chi connectivity index (χ1) is 11.8. The van der Waals surface area contributed by atoms with E-state index in [1.54, 1.807) is 43.0 Å². The zero-order valence-corrected chi connectivity index (χ0v) is 14.6. The molecule has 25 heavy (non-hydrogen) atoms. The molecule has 0 unspecified atom stereocenters. The van der Waals surface area contributed by atoms with Gasteiger partial charge in [0.2, 0.25) is 5.91 Å². The lowest BCUT2D eigenvalue weighted by Crippen LogP contribution is -2.56. The van der Waals surface area contributed by atoms with Crippen LogP contribution in [0, 0.1) is 11.3 Å². The standard InChI is InChI=1S/C19H24N2O4/c1-18(2,20-15(22)13-7-4-3-5-8-13)16(23)21-11-14-9-6-10-19(14,12-21)17(24)25/h3-5,7-8,14H,6,9-12H2,1-2H3,(H,20,22)(H,24,25)/t14-,19+/m0/s1. The van der Waals surface area contributed by atoms with Gasteiger partial charge in [-0.3, -0.25) is 14.4 Å². The normalized spacial score (nSPS) is 25.5. The van der Waals surface area contributed by atoms with E-state index in [1.807, 2.05) is 6.07 Å². The van der Waals surface area contributed by atoms with Crippen LogP contribution in [0.4, 0.5) is 0 Å². The number of rotatable bonds is 4. The SMILES string of the molecule is CC(C)(NC(=O)c1ccccc1)C(=O)N1C[C@@H]2CCC[C@@]2(C(=O)O)C1. The summed E-state index contributed by atoms with van der Waals surface area (Å²) in [6, 6.07) is 8.73. The highest BCUT2D eigenvalue weighted by molar-refractivity contribution is 5.99. The van der Waals surface area contributed by atoms with Crippen molar-refractivity contribution < 1.29 is 19.5 Å². The van der Waals surface area contributed by atoms with E-state index in [0.29, 0.717) is 18.5 Å². The van der Waals surface area contributed by atoms with E-state index < -0.39 is 16.9 Å². The monoisotopic (exact) mass is 344 g/mol. The second kappa shape index (κ2) is 6.17. The fraction of sp³-hybridized carbons (Fsp3) is 0.526. The number of benzene rings is 1. The van der Waals surface area contributed by atoms with Gasteiger partial charge >= 0.3 is 5.97 Å². The number of carboxylic acid groups (broad SMARTS) is 1. The summed E-state index contributed by atoms with van der Waals surface area (Å²) in [6.45, 7) is 4.02. The quantitative estimate of drug-likeness (QED) is 0.873. The maximum Gasteiger partial charge on any atom is 0.311 e. The van der Waals surface area contributed by atoms with Crippen LogP contribution >= 0.6 is 0 Å². The first-order valence-electron chi connectivity index (χ1n) is 8.67. The molecule has 1 aliphatic heterocycles. The second-order valence-corrected chi connectivity index (χ2v) is 7.68. The largest absolute Gasteiger partial charge is 0.481 e. The Morgan fingerprint density at radius 1 is 1.24 bits per heavy atom. The zero-order valence-electron chi connectivity index (χ0n) is 14.6. The fourth-order valence-electron chi connectivity index (χ4n) is 4.19. The van der Waals surface area contributed by atoms with Gasteiger partial charge in [-0.2, -0.15) is 0 Å². The topological polar surface area (TPSA) is 86.7 Å². The molecule has 2 N–H and O–H groups in total. The van der Waals surface area contributed by atoms with Crippen molar-refractivity contribution in [2.45, 2.75) is 38.6 Å². The van der Waals surface area contributed by atoms with Gasteiger partial charge in [0.05, 0.1) is 5.41 Å². The number of carbonyl (C=O) groups excluding carboxylic acids is 2. The van der Waals surface area contributed by atoms with Crippen molar-refractivity contribution in [2.24, 2.45) is 11.3 Å². The average molecular weight is 344 g/mol. The molecule has 6 nitrogen and oxygen atoms in total. The van der Waals surface area contributed by atoms with E-state index in [4.69, 9.17) is 0 Å². The van der Waals surface area contributed by atoms with Gasteiger partial charge in [-0.05, 0) is 44.7 Å². The van der Waals surface area contributed by atoms with Crippen LogP contribution < -0.4 is 5.32 Å². The maximum absolute atomic E-state index is 12.9. The van der Waals surface area contributed by atoms with Gasteiger partial charge < -0.3 is 15.3 Å². The highest BCUT2D eigenvalue weighted by Crippen LogP contribution is 2.49. The molecule has 6 heteroatoms. The summed E-state index contributed by atoms with van der Waals surface area (Å²) >= 11 is 0. The van der Waals surface area contributed by atoms with E-state index in [2.05, 4.69) is 5.32 Å². The molecule has 1 saturated heterocycles. The van der Waals surface area contributed by atoms with Crippen molar-refractivity contribution in [1.82, 2.24) is 10.2 Å². The number of hydrogen-bond acceptors (Lipinski definition) is 3. The number of amides is 2. The Morgan fingerprint density at radius 2 is 1.92 bits per heavy atom. The van der Waals surface area contributed by atoms with Crippen molar-refractivity contribution in [3.05, 3.63) is 35.9 Å². The number of fused-ring (bicyclic) bond motifs is 1. The third-order valence-corrected chi connectivity index (χ3v) is 5.58. The van der Waals surface area contributed by atoms with Crippen LogP contribution in [0.1, 0.15) is 43.5 Å². The van der Waals surface area contributed by atoms with Crippen LogP contribution in [0.25, 0.3) is 0 Å². The molecule has 1 aromatic rings. The van der Waals surface area contributed by atoms with Crippen molar-refractivity contribution in [3.8, 4) is 0 Å². The lowest BCUT2D eigenvalue weighted by atomic mass is 9.81. The third-order valence-electron chi connectivity index (χ3n) is 5.58. The first-order valence-corrected chi connectivity index (χ1v) is 8.67. The van der Waals surface area contributed by atoms with E-state index in [-0.39, 0.29) is 24.3 Å². The third kappa shape index (κ3) is 3.01. The minimum Gasteiger partial charge on any atom is -0.481 e. The molecule has 2 aliphatic rings. The van der Waals surface area contributed by atoms with Crippen LogP contribution in [0.2, 0.25) is 0 Å². The molecule has 3 rings (SSSR count). The lowest BCUT2D eigenvalue weighted by molar-refractivity contribution is -0.150. The average Bonchev–Trinajstić information content (AvgIpc) is 3.12. The van der Waals surface area contributed by atoms with Crippen molar-refractivity contribution in [2.75, 3.05) is 13.1 Å². The minimum absolute atomic E-state index is 0.00887. The van der Waals surface area contributed by atoms with Gasteiger partial charge in [-0.1, -0.05) is 24.6 Å². The summed E-state index contributed by atoms with van der Waals surface area (Å²) in [5, 5.41) is 12.4. The number of carbonyl (C=O) groups is 3. The molecular weight excluding hydrogens is 320 g/mol. The van der Waals surface area contributed by atoms with Crippen LogP contribution in [-0.4, -0.2) is 46.4 Å². The van der Waals surface area contributed by atoms with Crippen molar-refractivity contribution >= 4 is 17.8 Å². The summed E-state index contributed by atoms with van der Waals surface area (Å²) < 4.78 is 0. The Morgan fingerprint density at radius 3 is 2.52 bits per heavy atom. The molecule has 1 heterocycles. The van der Waals surface area contributed by atoms with Crippen molar-refractivity contribution in [1.29, 1.82) is 0 Å². The van der Waals surface area contributed by atoms with E-state index in [0.717, 1.165) is 12.8 Å². The maximum atomic E-state index is 12.9. The summed E-state index contributed by atoms with van der Waals surface area (Å²) in [5.41, 5.74) is -1.41. The number of aliphatic carboxylic acids is 1. The van der Waals surface area contributed by atoms with E-state index in [1.165, 1.54) is 0 Å². The summed E-state index contributed by atoms with van der Waals surface area (Å²) in [6.07, 6.45) is 2.35. The summed E-state index contributed by atoms with van der Waals surface area (Å²) in [4.78, 5) is 38.7. The number of hydrogen-bond donors (Lipinski definition) is 2. The predicted octanol–water partition coefficient (Wildman–Crippen LogP) is 1.91. The van der Waals surface area contributed by atoms with E-state index in [9.17, 15) is 19.5 Å². The summed E-state index contributed by atoms with van der Waals surface area (Å²) in [7, 11) is 0. The van der Waals surface area contributed by atoms with Crippen LogP contribution in [0.15, 0.2) is 30.3 Å². The molecule has 134 valence electrons. The van der Waals surface area contributed by atoms with Crippen LogP contribution in [0.5, 0.6) is 0 Å². The summed E-state index contributed by atoms with van der Waals surface area (Å²) in [5.74, 6) is -1.34. The number of nitrogens with one attached hydrogen (secondary N) is 1. The first kappa shape index (κ1) is 17.5. The van der Waals surface area contributed by atoms with E-state index >= 15 is 0 Å². The highest BCUT2D eigenvalue weighted by Gasteiger charge is 2.56. The van der Waals surface area contributed by atoms with Crippen LogP contribution in [0.3, 0.4) is 0 Å². The van der Waals surface area contributed by atoms with Crippen molar-refractivity contribution in [3.63, 3.8) is 0 Å². The van der Waals surface area contributed by atoms with Crippen LogP contribution in [-0.2, 0) is 9.59 Å². The molecule has 1 saturated carbocycles. The number of carboxylic acids is 1. The Balaban J connectivity index is 1.72. The molecular formula is C19H24N2O4. The van der Waals surface area contributed by atoms with Gasteiger partial charge in [0.1, 0.15) is 5.54 Å². The molecule has 0 radical (unpaired) electrons. The fourth-order valence-corrected chi connectivity index (χ4v) is 4.19. The Labute approximate surface area is 147 Å². The molecule has 1 aromatic carbocycles. The molecule has 2 atom stereocenters. The minimum atomic E-state index is -1.09. The second-order valence-electron chi connectivity index (χ2n) is 7.68. The lowest BCUT2D eigenvalue weighted by Gasteiger charge is -2.31. The molecule has 2 fully saturated rings. The molecule has 0 bridgehead atoms. The predicted molar refractivity (Wildman–Crippen MR) is 92.0 cm³/mol. The van der Waals surface area contributed by atoms with Gasteiger partial charge in [0, 0.05) is 18.7 Å². The molecule has 0 spiro atoms. The number of nitrogens with zero attached hydrogens (tertiary/aromatic N) is 1. The van der Waals surface area contributed by atoms with Gasteiger partial charge in [-0.25, -0.2) is 0 Å². The van der Waals surface area contributed by atoms with Gasteiger partial charge in [0.25, 0.3) is 5.91 Å². The molecule has 1 aliphatic carbocycles. The van der Waals surface area contributed by atoms with Gasteiger partial charge in [0.15, 0.2) is 0 Å².